The summed E-state index contributed by atoms with van der Waals surface area (Å²) in [6.07, 6.45) is 3.27. The SMILES string of the molecule is CCCS(=O)(=O)CCNCC1CCCC1C(=O)O. The topological polar surface area (TPSA) is 83.5 Å². The minimum absolute atomic E-state index is 0.144. The summed E-state index contributed by atoms with van der Waals surface area (Å²) in [5.41, 5.74) is 0. The first-order valence-electron chi connectivity index (χ1n) is 6.60. The Morgan fingerprint density at radius 2 is 2.06 bits per heavy atom. The van der Waals surface area contributed by atoms with Crippen LogP contribution in [0.1, 0.15) is 32.6 Å². The molecule has 1 rings (SSSR count). The molecule has 0 aromatic rings. The Bertz CT molecular complexity index is 366. The number of rotatable bonds is 8. The van der Waals surface area contributed by atoms with Gasteiger partial charge in [0.25, 0.3) is 0 Å². The summed E-state index contributed by atoms with van der Waals surface area (Å²) in [5, 5.41) is 12.1. The maximum Gasteiger partial charge on any atom is 0.306 e. The Kier molecular flexibility index (Phi) is 6.08. The molecule has 106 valence electrons. The van der Waals surface area contributed by atoms with Crippen molar-refractivity contribution in [2.24, 2.45) is 11.8 Å². The van der Waals surface area contributed by atoms with Gasteiger partial charge in [-0.2, -0.15) is 0 Å². The predicted octanol–water partition coefficient (Wildman–Crippen LogP) is 0.902. The molecule has 18 heavy (non-hydrogen) atoms. The van der Waals surface area contributed by atoms with E-state index in [0.29, 0.717) is 19.5 Å². The number of nitrogens with one attached hydrogen (secondary N) is 1. The van der Waals surface area contributed by atoms with Crippen LogP contribution in [0, 0.1) is 11.8 Å². The van der Waals surface area contributed by atoms with Gasteiger partial charge in [0, 0.05) is 12.3 Å². The zero-order valence-electron chi connectivity index (χ0n) is 10.9. The lowest BCUT2D eigenvalue weighted by Crippen LogP contribution is -2.32. The fourth-order valence-electron chi connectivity index (χ4n) is 2.53. The molecule has 0 aromatic carbocycles. The van der Waals surface area contributed by atoms with Gasteiger partial charge in [-0.15, -0.1) is 0 Å². The number of carbonyl (C=O) groups is 1. The Balaban J connectivity index is 2.24. The van der Waals surface area contributed by atoms with Crippen LogP contribution in [0.2, 0.25) is 0 Å². The van der Waals surface area contributed by atoms with Crippen LogP contribution in [-0.2, 0) is 14.6 Å². The van der Waals surface area contributed by atoms with Gasteiger partial charge in [-0.3, -0.25) is 4.79 Å². The van der Waals surface area contributed by atoms with Gasteiger partial charge in [0.15, 0.2) is 9.84 Å². The molecule has 2 N–H and O–H groups in total. The quantitative estimate of drug-likeness (QED) is 0.644. The van der Waals surface area contributed by atoms with Gasteiger partial charge in [0.05, 0.1) is 11.7 Å². The van der Waals surface area contributed by atoms with E-state index < -0.39 is 15.8 Å². The number of aliphatic carboxylic acids is 1. The second-order valence-corrected chi connectivity index (χ2v) is 7.30. The van der Waals surface area contributed by atoms with Crippen LogP contribution in [-0.4, -0.2) is 44.1 Å². The molecule has 0 radical (unpaired) electrons. The van der Waals surface area contributed by atoms with Gasteiger partial charge in [0.1, 0.15) is 0 Å². The van der Waals surface area contributed by atoms with Crippen molar-refractivity contribution < 1.29 is 18.3 Å². The van der Waals surface area contributed by atoms with Gasteiger partial charge in [0.2, 0.25) is 0 Å². The number of hydrogen-bond acceptors (Lipinski definition) is 4. The minimum Gasteiger partial charge on any atom is -0.481 e. The Morgan fingerprint density at radius 3 is 2.67 bits per heavy atom. The summed E-state index contributed by atoms with van der Waals surface area (Å²) in [5.74, 6) is -0.458. The highest BCUT2D eigenvalue weighted by Gasteiger charge is 2.32. The van der Waals surface area contributed by atoms with E-state index in [9.17, 15) is 13.2 Å². The van der Waals surface area contributed by atoms with E-state index in [2.05, 4.69) is 5.32 Å². The Morgan fingerprint density at radius 1 is 1.33 bits per heavy atom. The molecule has 0 heterocycles. The third-order valence-corrected chi connectivity index (χ3v) is 5.34. The first-order valence-corrected chi connectivity index (χ1v) is 8.42. The molecule has 5 nitrogen and oxygen atoms in total. The van der Waals surface area contributed by atoms with Crippen LogP contribution in [0.4, 0.5) is 0 Å². The van der Waals surface area contributed by atoms with Crippen molar-refractivity contribution in [2.75, 3.05) is 24.6 Å². The van der Waals surface area contributed by atoms with E-state index >= 15 is 0 Å². The smallest absolute Gasteiger partial charge is 0.306 e. The number of carboxylic acids is 1. The second-order valence-electron chi connectivity index (χ2n) is 4.99. The van der Waals surface area contributed by atoms with Crippen LogP contribution in [0.3, 0.4) is 0 Å². The van der Waals surface area contributed by atoms with Gasteiger partial charge < -0.3 is 10.4 Å². The molecule has 2 atom stereocenters. The van der Waals surface area contributed by atoms with Crippen molar-refractivity contribution in [3.8, 4) is 0 Å². The maximum atomic E-state index is 11.5. The Labute approximate surface area is 109 Å². The average molecular weight is 277 g/mol. The van der Waals surface area contributed by atoms with Crippen LogP contribution < -0.4 is 5.32 Å². The van der Waals surface area contributed by atoms with Crippen molar-refractivity contribution >= 4 is 15.8 Å². The summed E-state index contributed by atoms with van der Waals surface area (Å²) >= 11 is 0. The molecule has 0 aliphatic heterocycles. The standard InChI is InChI=1S/C12H23NO4S/c1-2-7-18(16,17)8-6-13-9-10-4-3-5-11(10)12(14)15/h10-11,13H,2-9H2,1H3,(H,14,15). The van der Waals surface area contributed by atoms with Gasteiger partial charge in [-0.05, 0) is 31.7 Å². The third kappa shape index (κ3) is 4.94. The van der Waals surface area contributed by atoms with Crippen molar-refractivity contribution in [3.63, 3.8) is 0 Å². The molecule has 2 unspecified atom stereocenters. The van der Waals surface area contributed by atoms with Crippen LogP contribution in [0.25, 0.3) is 0 Å². The zero-order chi connectivity index (χ0) is 13.6. The molecule has 0 aromatic heterocycles. The summed E-state index contributed by atoms with van der Waals surface area (Å²) in [6, 6.07) is 0. The highest BCUT2D eigenvalue weighted by Crippen LogP contribution is 2.31. The summed E-state index contributed by atoms with van der Waals surface area (Å²) < 4.78 is 22.9. The average Bonchev–Trinajstić information content (AvgIpc) is 2.72. The monoisotopic (exact) mass is 277 g/mol. The van der Waals surface area contributed by atoms with Crippen LogP contribution in [0.15, 0.2) is 0 Å². The molecule has 0 spiro atoms. The van der Waals surface area contributed by atoms with Crippen molar-refractivity contribution in [1.29, 1.82) is 0 Å². The maximum absolute atomic E-state index is 11.5. The minimum atomic E-state index is -2.94. The first kappa shape index (κ1) is 15.4. The lowest BCUT2D eigenvalue weighted by Gasteiger charge is -2.16. The van der Waals surface area contributed by atoms with E-state index in [0.717, 1.165) is 19.3 Å². The molecule has 1 fully saturated rings. The van der Waals surface area contributed by atoms with Crippen LogP contribution in [0.5, 0.6) is 0 Å². The molecule has 0 amide bonds. The lowest BCUT2D eigenvalue weighted by atomic mass is 9.96. The van der Waals surface area contributed by atoms with E-state index in [4.69, 9.17) is 5.11 Å². The van der Waals surface area contributed by atoms with Gasteiger partial charge in [-0.25, -0.2) is 8.42 Å². The molecule has 6 heteroatoms. The molecule has 0 saturated heterocycles. The predicted molar refractivity (Wildman–Crippen MR) is 70.3 cm³/mol. The van der Waals surface area contributed by atoms with Gasteiger partial charge >= 0.3 is 5.97 Å². The number of sulfone groups is 1. The number of carboxylic acid groups (broad SMARTS) is 1. The summed E-state index contributed by atoms with van der Waals surface area (Å²) in [6.45, 7) is 2.88. The highest BCUT2D eigenvalue weighted by molar-refractivity contribution is 7.91. The van der Waals surface area contributed by atoms with E-state index in [1.807, 2.05) is 6.92 Å². The lowest BCUT2D eigenvalue weighted by molar-refractivity contribution is -0.142. The van der Waals surface area contributed by atoms with E-state index in [-0.39, 0.29) is 23.3 Å². The second kappa shape index (κ2) is 7.09. The Hall–Kier alpha value is -0.620. The van der Waals surface area contributed by atoms with Crippen LogP contribution >= 0.6 is 0 Å². The summed E-state index contributed by atoms with van der Waals surface area (Å²) in [4.78, 5) is 11.0. The van der Waals surface area contributed by atoms with Crippen molar-refractivity contribution in [3.05, 3.63) is 0 Å². The molecule has 1 aliphatic carbocycles. The van der Waals surface area contributed by atoms with Crippen molar-refractivity contribution in [1.82, 2.24) is 5.32 Å². The van der Waals surface area contributed by atoms with Crippen molar-refractivity contribution in [2.45, 2.75) is 32.6 Å². The highest BCUT2D eigenvalue weighted by atomic mass is 32.2. The zero-order valence-corrected chi connectivity index (χ0v) is 11.7. The fraction of sp³-hybridized carbons (Fsp3) is 0.917. The van der Waals surface area contributed by atoms with E-state index in [1.165, 1.54) is 0 Å². The van der Waals surface area contributed by atoms with E-state index in [1.54, 1.807) is 0 Å². The molecule has 1 aliphatic rings. The fourth-order valence-corrected chi connectivity index (χ4v) is 3.82. The number of hydrogen-bond donors (Lipinski definition) is 2. The van der Waals surface area contributed by atoms with Gasteiger partial charge in [-0.1, -0.05) is 13.3 Å². The third-order valence-electron chi connectivity index (χ3n) is 3.49. The molecule has 0 bridgehead atoms. The molecule has 1 saturated carbocycles. The summed E-state index contributed by atoms with van der Waals surface area (Å²) in [7, 11) is -2.94. The normalized spacial score (nSPS) is 24.3. The first-order chi connectivity index (χ1) is 8.46. The molecular formula is C12H23NO4S. The molecular weight excluding hydrogens is 254 g/mol. The largest absolute Gasteiger partial charge is 0.481 e.